The first-order chi connectivity index (χ1) is 9.54. The number of hydrogen-bond acceptors (Lipinski definition) is 1. The zero-order chi connectivity index (χ0) is 15.1. The SMILES string of the molecule is CCCc1cc(CCC)c(C(O)C(C)C)c(CCC)c1. The summed E-state index contributed by atoms with van der Waals surface area (Å²) in [6.07, 6.45) is 6.43. The van der Waals surface area contributed by atoms with Crippen LogP contribution in [0.3, 0.4) is 0 Å². The van der Waals surface area contributed by atoms with Crippen molar-refractivity contribution < 1.29 is 5.11 Å². The van der Waals surface area contributed by atoms with Crippen LogP contribution in [0.5, 0.6) is 0 Å². The Labute approximate surface area is 125 Å². The lowest BCUT2D eigenvalue weighted by atomic mass is 9.85. The summed E-state index contributed by atoms with van der Waals surface area (Å²) in [6.45, 7) is 10.9. The summed E-state index contributed by atoms with van der Waals surface area (Å²) in [5, 5.41) is 10.6. The third-order valence-electron chi connectivity index (χ3n) is 3.92. The lowest BCUT2D eigenvalue weighted by molar-refractivity contribution is 0.125. The van der Waals surface area contributed by atoms with Gasteiger partial charge in [0, 0.05) is 0 Å². The molecule has 0 saturated carbocycles. The van der Waals surface area contributed by atoms with Crippen molar-refractivity contribution in [1.29, 1.82) is 0 Å². The fourth-order valence-electron chi connectivity index (χ4n) is 2.95. The maximum atomic E-state index is 10.6. The first-order valence-corrected chi connectivity index (χ1v) is 8.37. The van der Waals surface area contributed by atoms with E-state index in [1.54, 1.807) is 0 Å². The molecule has 1 rings (SSSR count). The van der Waals surface area contributed by atoms with Gasteiger partial charge in [0.25, 0.3) is 0 Å². The molecule has 114 valence electrons. The Kier molecular flexibility index (Phi) is 7.29. The third kappa shape index (κ3) is 4.34. The number of aryl methyl sites for hydroxylation is 3. The van der Waals surface area contributed by atoms with E-state index in [2.05, 4.69) is 46.8 Å². The Balaban J connectivity index is 3.33. The van der Waals surface area contributed by atoms with Crippen LogP contribution in [0.2, 0.25) is 0 Å². The highest BCUT2D eigenvalue weighted by Gasteiger charge is 2.20. The van der Waals surface area contributed by atoms with Crippen LogP contribution >= 0.6 is 0 Å². The standard InChI is InChI=1S/C19H32O/c1-6-9-15-12-16(10-7-2)18(19(20)14(4)5)17(13-15)11-8-3/h12-14,19-20H,6-11H2,1-5H3. The van der Waals surface area contributed by atoms with Crippen LogP contribution in [0.4, 0.5) is 0 Å². The van der Waals surface area contributed by atoms with Gasteiger partial charge in [0.1, 0.15) is 0 Å². The van der Waals surface area contributed by atoms with Crippen molar-refractivity contribution in [3.63, 3.8) is 0 Å². The van der Waals surface area contributed by atoms with Gasteiger partial charge < -0.3 is 5.11 Å². The zero-order valence-corrected chi connectivity index (χ0v) is 14.0. The Morgan fingerprint density at radius 1 is 0.850 bits per heavy atom. The lowest BCUT2D eigenvalue weighted by Crippen LogP contribution is -2.13. The van der Waals surface area contributed by atoms with E-state index in [-0.39, 0.29) is 12.0 Å². The molecule has 1 aromatic carbocycles. The fraction of sp³-hybridized carbons (Fsp3) is 0.684. The van der Waals surface area contributed by atoms with Gasteiger partial charge in [-0.1, -0.05) is 66.0 Å². The Morgan fingerprint density at radius 2 is 1.30 bits per heavy atom. The van der Waals surface area contributed by atoms with Crippen molar-refractivity contribution in [1.82, 2.24) is 0 Å². The minimum atomic E-state index is -0.325. The molecular weight excluding hydrogens is 244 g/mol. The molecular formula is C19H32O. The molecule has 1 heteroatoms. The van der Waals surface area contributed by atoms with E-state index >= 15 is 0 Å². The van der Waals surface area contributed by atoms with E-state index in [0.29, 0.717) is 0 Å². The minimum Gasteiger partial charge on any atom is -0.388 e. The average Bonchev–Trinajstić information content (AvgIpc) is 2.39. The molecule has 0 amide bonds. The molecule has 0 saturated heterocycles. The second-order valence-electron chi connectivity index (χ2n) is 6.27. The molecule has 0 aliphatic carbocycles. The number of hydrogen-bond donors (Lipinski definition) is 1. The van der Waals surface area contributed by atoms with E-state index < -0.39 is 0 Å². The molecule has 20 heavy (non-hydrogen) atoms. The number of aliphatic hydroxyl groups is 1. The molecule has 0 fully saturated rings. The van der Waals surface area contributed by atoms with Gasteiger partial charge in [-0.2, -0.15) is 0 Å². The third-order valence-corrected chi connectivity index (χ3v) is 3.92. The van der Waals surface area contributed by atoms with Crippen molar-refractivity contribution in [2.75, 3.05) is 0 Å². The average molecular weight is 276 g/mol. The predicted molar refractivity (Wildman–Crippen MR) is 88.2 cm³/mol. The molecule has 0 spiro atoms. The summed E-state index contributed by atoms with van der Waals surface area (Å²) in [4.78, 5) is 0. The first kappa shape index (κ1) is 17.2. The Hall–Kier alpha value is -0.820. The molecule has 1 N–H and O–H groups in total. The topological polar surface area (TPSA) is 20.2 Å². The van der Waals surface area contributed by atoms with Crippen LogP contribution in [0.1, 0.15) is 82.2 Å². The van der Waals surface area contributed by atoms with Crippen LogP contribution in [0.25, 0.3) is 0 Å². The highest BCUT2D eigenvalue weighted by molar-refractivity contribution is 5.41. The minimum absolute atomic E-state index is 0.276. The van der Waals surface area contributed by atoms with Gasteiger partial charge in [0.15, 0.2) is 0 Å². The van der Waals surface area contributed by atoms with Gasteiger partial charge in [-0.3, -0.25) is 0 Å². The van der Waals surface area contributed by atoms with Crippen molar-refractivity contribution in [2.45, 2.75) is 79.2 Å². The maximum Gasteiger partial charge on any atom is 0.0818 e. The van der Waals surface area contributed by atoms with Gasteiger partial charge in [0.2, 0.25) is 0 Å². The molecule has 0 bridgehead atoms. The molecule has 1 aromatic rings. The monoisotopic (exact) mass is 276 g/mol. The molecule has 0 heterocycles. The molecule has 1 atom stereocenters. The molecule has 0 aromatic heterocycles. The second kappa shape index (κ2) is 8.46. The van der Waals surface area contributed by atoms with Crippen molar-refractivity contribution in [2.24, 2.45) is 5.92 Å². The number of benzene rings is 1. The van der Waals surface area contributed by atoms with Crippen LogP contribution in [-0.2, 0) is 19.3 Å². The van der Waals surface area contributed by atoms with Crippen LogP contribution < -0.4 is 0 Å². The summed E-state index contributed by atoms with van der Waals surface area (Å²) >= 11 is 0. The van der Waals surface area contributed by atoms with E-state index in [1.165, 1.54) is 28.7 Å². The van der Waals surface area contributed by atoms with E-state index in [9.17, 15) is 5.11 Å². The zero-order valence-electron chi connectivity index (χ0n) is 14.0. The van der Waals surface area contributed by atoms with E-state index in [4.69, 9.17) is 0 Å². The largest absolute Gasteiger partial charge is 0.388 e. The second-order valence-corrected chi connectivity index (χ2v) is 6.27. The van der Waals surface area contributed by atoms with Crippen LogP contribution in [-0.4, -0.2) is 5.11 Å². The van der Waals surface area contributed by atoms with Crippen molar-refractivity contribution in [3.8, 4) is 0 Å². The van der Waals surface area contributed by atoms with Crippen LogP contribution in [0, 0.1) is 5.92 Å². The van der Waals surface area contributed by atoms with Gasteiger partial charge in [-0.15, -0.1) is 0 Å². The number of aliphatic hydroxyl groups excluding tert-OH is 1. The summed E-state index contributed by atoms with van der Waals surface area (Å²) < 4.78 is 0. The Bertz CT molecular complexity index is 379. The van der Waals surface area contributed by atoms with Gasteiger partial charge >= 0.3 is 0 Å². The summed E-state index contributed by atoms with van der Waals surface area (Å²) in [6, 6.07) is 4.68. The molecule has 1 unspecified atom stereocenters. The summed E-state index contributed by atoms with van der Waals surface area (Å²) in [5.41, 5.74) is 5.42. The molecule has 0 aliphatic rings. The molecule has 0 aliphatic heterocycles. The number of rotatable bonds is 8. The van der Waals surface area contributed by atoms with Gasteiger partial charge in [-0.05, 0) is 47.4 Å². The molecule has 1 nitrogen and oxygen atoms in total. The highest BCUT2D eigenvalue weighted by atomic mass is 16.3. The van der Waals surface area contributed by atoms with Gasteiger partial charge in [0.05, 0.1) is 6.10 Å². The van der Waals surface area contributed by atoms with E-state index in [0.717, 1.165) is 32.1 Å². The normalized spacial score (nSPS) is 12.9. The fourth-order valence-corrected chi connectivity index (χ4v) is 2.95. The first-order valence-electron chi connectivity index (χ1n) is 8.37. The molecule has 0 radical (unpaired) electrons. The van der Waals surface area contributed by atoms with E-state index in [1.807, 2.05) is 0 Å². The highest BCUT2D eigenvalue weighted by Crippen LogP contribution is 2.31. The van der Waals surface area contributed by atoms with Crippen LogP contribution in [0.15, 0.2) is 12.1 Å². The van der Waals surface area contributed by atoms with Crippen molar-refractivity contribution in [3.05, 3.63) is 34.4 Å². The maximum absolute atomic E-state index is 10.6. The lowest BCUT2D eigenvalue weighted by Gasteiger charge is -2.24. The Morgan fingerprint density at radius 3 is 1.65 bits per heavy atom. The summed E-state index contributed by atoms with van der Waals surface area (Å²) in [7, 11) is 0. The van der Waals surface area contributed by atoms with Crippen molar-refractivity contribution >= 4 is 0 Å². The smallest absolute Gasteiger partial charge is 0.0818 e. The quantitative estimate of drug-likeness (QED) is 0.689. The summed E-state index contributed by atoms with van der Waals surface area (Å²) in [5.74, 6) is 0.276. The predicted octanol–water partition coefficient (Wildman–Crippen LogP) is 5.23. The van der Waals surface area contributed by atoms with Gasteiger partial charge in [-0.25, -0.2) is 0 Å².